The van der Waals surface area contributed by atoms with Crippen LogP contribution >= 0.6 is 0 Å². The fourth-order valence-corrected chi connectivity index (χ4v) is 3.08. The molecular formula is C17H19N7O. The van der Waals surface area contributed by atoms with Gasteiger partial charge in [-0.05, 0) is 44.0 Å². The number of fused-ring (bicyclic) bond motifs is 1. The number of piperidine rings is 1. The van der Waals surface area contributed by atoms with Crippen LogP contribution in [0.4, 0.5) is 5.82 Å². The number of carbonyl (C=O) groups is 1. The molecule has 1 amide bonds. The number of hydrogen-bond acceptors (Lipinski definition) is 6. The van der Waals surface area contributed by atoms with E-state index in [2.05, 4.69) is 30.5 Å². The van der Waals surface area contributed by atoms with Gasteiger partial charge in [-0.25, -0.2) is 0 Å². The maximum atomic E-state index is 12.2. The summed E-state index contributed by atoms with van der Waals surface area (Å²) < 4.78 is 1.76. The molecule has 4 rings (SSSR count). The van der Waals surface area contributed by atoms with Gasteiger partial charge in [-0.2, -0.15) is 4.52 Å². The third-order valence-corrected chi connectivity index (χ3v) is 4.50. The first kappa shape index (κ1) is 15.5. The van der Waals surface area contributed by atoms with E-state index in [0.717, 1.165) is 43.2 Å². The SMILES string of the molecule is Cc1nnc2ccc(N3CCC(NC(=O)c4ccncc4)CC3)nn12. The molecule has 1 saturated heterocycles. The largest absolute Gasteiger partial charge is 0.355 e. The normalized spacial score (nSPS) is 15.5. The second-order valence-electron chi connectivity index (χ2n) is 6.18. The first-order valence-electron chi connectivity index (χ1n) is 8.35. The Morgan fingerprint density at radius 1 is 1.12 bits per heavy atom. The maximum Gasteiger partial charge on any atom is 0.251 e. The van der Waals surface area contributed by atoms with E-state index < -0.39 is 0 Å². The molecule has 0 spiro atoms. The highest BCUT2D eigenvalue weighted by molar-refractivity contribution is 5.94. The molecule has 0 bridgehead atoms. The van der Waals surface area contributed by atoms with Crippen molar-refractivity contribution in [2.24, 2.45) is 0 Å². The molecule has 0 radical (unpaired) electrons. The molecule has 1 aliphatic heterocycles. The molecule has 1 aliphatic rings. The van der Waals surface area contributed by atoms with Crippen LogP contribution in [0, 0.1) is 6.92 Å². The van der Waals surface area contributed by atoms with Gasteiger partial charge < -0.3 is 10.2 Å². The number of anilines is 1. The number of aromatic nitrogens is 5. The third-order valence-electron chi connectivity index (χ3n) is 4.50. The Labute approximate surface area is 144 Å². The summed E-state index contributed by atoms with van der Waals surface area (Å²) in [5, 5.41) is 15.8. The molecular weight excluding hydrogens is 318 g/mol. The predicted octanol–water partition coefficient (Wildman–Crippen LogP) is 1.23. The smallest absolute Gasteiger partial charge is 0.251 e. The molecule has 8 heteroatoms. The maximum absolute atomic E-state index is 12.2. The number of rotatable bonds is 3. The molecule has 8 nitrogen and oxygen atoms in total. The highest BCUT2D eigenvalue weighted by Gasteiger charge is 2.22. The Kier molecular flexibility index (Phi) is 4.01. The zero-order valence-electron chi connectivity index (χ0n) is 14.0. The van der Waals surface area contributed by atoms with Crippen molar-refractivity contribution in [3.05, 3.63) is 48.0 Å². The van der Waals surface area contributed by atoms with Crippen molar-refractivity contribution in [2.45, 2.75) is 25.8 Å². The standard InChI is InChI=1S/C17H19N7O/c1-12-20-21-15-2-3-16(22-24(12)15)23-10-6-14(7-11-23)19-17(25)13-4-8-18-9-5-13/h2-5,8-9,14H,6-7,10-11H2,1H3,(H,19,25). The van der Waals surface area contributed by atoms with Crippen molar-refractivity contribution >= 4 is 17.4 Å². The minimum Gasteiger partial charge on any atom is -0.355 e. The van der Waals surface area contributed by atoms with Crippen LogP contribution in [0.1, 0.15) is 29.0 Å². The van der Waals surface area contributed by atoms with Gasteiger partial charge >= 0.3 is 0 Å². The summed E-state index contributed by atoms with van der Waals surface area (Å²) in [7, 11) is 0. The average Bonchev–Trinajstić information content (AvgIpc) is 3.03. The summed E-state index contributed by atoms with van der Waals surface area (Å²) in [5.41, 5.74) is 1.40. The summed E-state index contributed by atoms with van der Waals surface area (Å²) >= 11 is 0. The number of pyridine rings is 1. The molecule has 3 aromatic rings. The molecule has 0 saturated carbocycles. The van der Waals surface area contributed by atoms with Gasteiger partial charge in [-0.3, -0.25) is 9.78 Å². The van der Waals surface area contributed by atoms with E-state index >= 15 is 0 Å². The molecule has 3 aromatic heterocycles. The van der Waals surface area contributed by atoms with E-state index in [-0.39, 0.29) is 11.9 Å². The van der Waals surface area contributed by atoms with Gasteiger partial charge in [0, 0.05) is 37.1 Å². The van der Waals surface area contributed by atoms with Crippen molar-refractivity contribution in [1.29, 1.82) is 0 Å². The molecule has 0 aromatic carbocycles. The second-order valence-corrected chi connectivity index (χ2v) is 6.18. The lowest BCUT2D eigenvalue weighted by Gasteiger charge is -2.33. The Morgan fingerprint density at radius 2 is 1.88 bits per heavy atom. The van der Waals surface area contributed by atoms with Crippen LogP contribution in [0.3, 0.4) is 0 Å². The van der Waals surface area contributed by atoms with E-state index in [1.807, 2.05) is 19.1 Å². The van der Waals surface area contributed by atoms with Crippen molar-refractivity contribution in [3.63, 3.8) is 0 Å². The number of aryl methyl sites for hydroxylation is 1. The lowest BCUT2D eigenvalue weighted by molar-refractivity contribution is 0.0931. The molecule has 128 valence electrons. The van der Waals surface area contributed by atoms with Crippen molar-refractivity contribution in [1.82, 2.24) is 30.1 Å². The molecule has 1 N–H and O–H groups in total. The highest BCUT2D eigenvalue weighted by Crippen LogP contribution is 2.18. The number of amides is 1. The summed E-state index contributed by atoms with van der Waals surface area (Å²) in [6, 6.07) is 7.53. The number of hydrogen-bond donors (Lipinski definition) is 1. The third kappa shape index (κ3) is 3.15. The Hall–Kier alpha value is -3.03. The first-order chi connectivity index (χ1) is 12.2. The Bertz CT molecular complexity index is 884. The van der Waals surface area contributed by atoms with E-state index in [0.29, 0.717) is 5.56 Å². The topological polar surface area (TPSA) is 88.3 Å². The van der Waals surface area contributed by atoms with Crippen LogP contribution in [-0.4, -0.2) is 49.8 Å². The Balaban J connectivity index is 1.39. The van der Waals surface area contributed by atoms with E-state index in [4.69, 9.17) is 0 Å². The predicted molar refractivity (Wildman–Crippen MR) is 92.5 cm³/mol. The van der Waals surface area contributed by atoms with Crippen LogP contribution in [0.15, 0.2) is 36.7 Å². The van der Waals surface area contributed by atoms with Crippen LogP contribution in [0.25, 0.3) is 5.65 Å². The highest BCUT2D eigenvalue weighted by atomic mass is 16.1. The summed E-state index contributed by atoms with van der Waals surface area (Å²) in [4.78, 5) is 18.4. The molecule has 0 atom stereocenters. The van der Waals surface area contributed by atoms with Gasteiger partial charge in [-0.1, -0.05) is 0 Å². The molecule has 1 fully saturated rings. The summed E-state index contributed by atoms with van der Waals surface area (Å²) in [6.45, 7) is 3.58. The van der Waals surface area contributed by atoms with Crippen molar-refractivity contribution in [3.8, 4) is 0 Å². The number of carbonyl (C=O) groups excluding carboxylic acids is 1. The first-order valence-corrected chi connectivity index (χ1v) is 8.35. The zero-order chi connectivity index (χ0) is 17.2. The van der Waals surface area contributed by atoms with Gasteiger partial charge in [0.2, 0.25) is 0 Å². The van der Waals surface area contributed by atoms with Crippen LogP contribution < -0.4 is 10.2 Å². The average molecular weight is 337 g/mol. The minimum absolute atomic E-state index is 0.0412. The van der Waals surface area contributed by atoms with Gasteiger partial charge in [0.25, 0.3) is 5.91 Å². The molecule has 0 aliphatic carbocycles. The molecule has 4 heterocycles. The van der Waals surface area contributed by atoms with Crippen LogP contribution in [-0.2, 0) is 0 Å². The minimum atomic E-state index is -0.0412. The van der Waals surface area contributed by atoms with Crippen molar-refractivity contribution < 1.29 is 4.79 Å². The van der Waals surface area contributed by atoms with E-state index in [1.165, 1.54) is 0 Å². The zero-order valence-corrected chi connectivity index (χ0v) is 14.0. The van der Waals surface area contributed by atoms with Crippen LogP contribution in [0.5, 0.6) is 0 Å². The van der Waals surface area contributed by atoms with E-state index in [1.54, 1.807) is 29.0 Å². The lowest BCUT2D eigenvalue weighted by atomic mass is 10.0. The monoisotopic (exact) mass is 337 g/mol. The van der Waals surface area contributed by atoms with Gasteiger partial charge in [0.05, 0.1) is 0 Å². The number of nitrogens with one attached hydrogen (secondary N) is 1. The molecule has 25 heavy (non-hydrogen) atoms. The fourth-order valence-electron chi connectivity index (χ4n) is 3.08. The van der Waals surface area contributed by atoms with E-state index in [9.17, 15) is 4.79 Å². The molecule has 0 unspecified atom stereocenters. The lowest BCUT2D eigenvalue weighted by Crippen LogP contribution is -2.45. The van der Waals surface area contributed by atoms with Gasteiger partial charge in [-0.15, -0.1) is 15.3 Å². The summed E-state index contributed by atoms with van der Waals surface area (Å²) in [5.74, 6) is 1.64. The van der Waals surface area contributed by atoms with Crippen molar-refractivity contribution in [2.75, 3.05) is 18.0 Å². The summed E-state index contributed by atoms with van der Waals surface area (Å²) in [6.07, 6.45) is 5.04. The quantitative estimate of drug-likeness (QED) is 0.773. The van der Waals surface area contributed by atoms with Crippen LogP contribution in [0.2, 0.25) is 0 Å². The Morgan fingerprint density at radius 3 is 2.64 bits per heavy atom. The fraction of sp³-hybridized carbons (Fsp3) is 0.353. The number of nitrogens with zero attached hydrogens (tertiary/aromatic N) is 6. The van der Waals surface area contributed by atoms with Gasteiger partial charge in [0.15, 0.2) is 11.5 Å². The van der Waals surface area contributed by atoms with Gasteiger partial charge in [0.1, 0.15) is 5.82 Å². The second kappa shape index (κ2) is 6.46.